The highest BCUT2D eigenvalue weighted by Crippen LogP contribution is 2.14. The van der Waals surface area contributed by atoms with Crippen LogP contribution in [0.3, 0.4) is 0 Å². The van der Waals surface area contributed by atoms with E-state index in [1.807, 2.05) is 25.1 Å². The lowest BCUT2D eigenvalue weighted by molar-refractivity contribution is -0.120. The summed E-state index contributed by atoms with van der Waals surface area (Å²) >= 11 is 3.25. The van der Waals surface area contributed by atoms with Crippen LogP contribution < -0.4 is 5.32 Å². The number of carbonyl (C=O) groups is 1. The van der Waals surface area contributed by atoms with E-state index in [2.05, 4.69) is 36.9 Å². The predicted molar refractivity (Wildman–Crippen MR) is 75.9 cm³/mol. The lowest BCUT2D eigenvalue weighted by Crippen LogP contribution is -2.27. The van der Waals surface area contributed by atoms with Crippen molar-refractivity contribution < 1.29 is 4.79 Å². The van der Waals surface area contributed by atoms with E-state index in [-0.39, 0.29) is 5.91 Å². The van der Waals surface area contributed by atoms with Crippen molar-refractivity contribution >= 4 is 32.9 Å². The summed E-state index contributed by atoms with van der Waals surface area (Å²) in [6.07, 6.45) is 0.518. The Bertz CT molecular complexity index is 550. The Morgan fingerprint density at radius 3 is 3.00 bits per heavy atom. The molecular weight excluding hydrogens is 294 g/mol. The van der Waals surface area contributed by atoms with Gasteiger partial charge in [-0.1, -0.05) is 28.1 Å². The molecule has 0 radical (unpaired) electrons. The summed E-state index contributed by atoms with van der Waals surface area (Å²) in [7, 11) is 0. The molecule has 1 aromatic heterocycles. The first-order valence-electron chi connectivity index (χ1n) is 5.97. The van der Waals surface area contributed by atoms with Gasteiger partial charge in [0.15, 0.2) is 0 Å². The first-order chi connectivity index (χ1) is 8.72. The average Bonchev–Trinajstić information content (AvgIpc) is 2.66. The SMILES string of the molecule is Cc1nc2ccccc2n1CCNC(=O)CCBr. The van der Waals surface area contributed by atoms with E-state index in [0.29, 0.717) is 18.3 Å². The van der Waals surface area contributed by atoms with Gasteiger partial charge >= 0.3 is 0 Å². The summed E-state index contributed by atoms with van der Waals surface area (Å²) in [4.78, 5) is 15.8. The molecule has 2 rings (SSSR count). The van der Waals surface area contributed by atoms with E-state index in [1.54, 1.807) is 0 Å². The maximum absolute atomic E-state index is 11.4. The molecule has 96 valence electrons. The molecule has 0 fully saturated rings. The van der Waals surface area contributed by atoms with E-state index < -0.39 is 0 Å². The van der Waals surface area contributed by atoms with E-state index >= 15 is 0 Å². The number of fused-ring (bicyclic) bond motifs is 1. The number of aryl methyl sites for hydroxylation is 1. The maximum Gasteiger partial charge on any atom is 0.220 e. The second kappa shape index (κ2) is 6.00. The fourth-order valence-corrected chi connectivity index (χ4v) is 2.32. The van der Waals surface area contributed by atoms with Crippen molar-refractivity contribution in [3.63, 3.8) is 0 Å². The number of hydrogen-bond acceptors (Lipinski definition) is 2. The minimum absolute atomic E-state index is 0.0777. The number of aromatic nitrogens is 2. The standard InChI is InChI=1S/C13H16BrN3O/c1-10-16-11-4-2-3-5-12(11)17(10)9-8-15-13(18)6-7-14/h2-5H,6-9H2,1H3,(H,15,18). The Morgan fingerprint density at radius 1 is 1.44 bits per heavy atom. The van der Waals surface area contributed by atoms with Crippen molar-refractivity contribution in [2.45, 2.75) is 19.9 Å². The number of para-hydroxylation sites is 2. The Labute approximate surface area is 115 Å². The number of nitrogens with zero attached hydrogens (tertiary/aromatic N) is 2. The number of halogens is 1. The van der Waals surface area contributed by atoms with Crippen LogP contribution in [0.4, 0.5) is 0 Å². The zero-order valence-electron chi connectivity index (χ0n) is 10.3. The zero-order chi connectivity index (χ0) is 13.0. The van der Waals surface area contributed by atoms with Crippen LogP contribution in [-0.4, -0.2) is 27.3 Å². The normalized spacial score (nSPS) is 10.8. The van der Waals surface area contributed by atoms with E-state index in [4.69, 9.17) is 0 Å². The van der Waals surface area contributed by atoms with Crippen molar-refractivity contribution in [1.82, 2.24) is 14.9 Å². The Kier molecular flexibility index (Phi) is 4.36. The number of imidazole rings is 1. The summed E-state index contributed by atoms with van der Waals surface area (Å²) in [5, 5.41) is 3.60. The fourth-order valence-electron chi connectivity index (χ4n) is 1.96. The molecule has 0 atom stereocenters. The third-order valence-electron chi connectivity index (χ3n) is 2.82. The lowest BCUT2D eigenvalue weighted by atomic mass is 10.3. The van der Waals surface area contributed by atoms with Gasteiger partial charge < -0.3 is 9.88 Å². The average molecular weight is 310 g/mol. The van der Waals surface area contributed by atoms with Crippen LogP contribution in [0.5, 0.6) is 0 Å². The second-order valence-corrected chi connectivity index (χ2v) is 4.88. The molecule has 0 aliphatic heterocycles. The van der Waals surface area contributed by atoms with Crippen LogP contribution in [0.25, 0.3) is 11.0 Å². The molecule has 18 heavy (non-hydrogen) atoms. The van der Waals surface area contributed by atoms with Crippen LogP contribution in [0, 0.1) is 6.92 Å². The molecule has 0 spiro atoms. The molecule has 1 aromatic carbocycles. The Morgan fingerprint density at radius 2 is 2.22 bits per heavy atom. The van der Waals surface area contributed by atoms with Gasteiger partial charge in [-0.15, -0.1) is 0 Å². The molecule has 2 aromatic rings. The summed E-state index contributed by atoms with van der Waals surface area (Å²) in [6, 6.07) is 8.04. The third-order valence-corrected chi connectivity index (χ3v) is 3.22. The summed E-state index contributed by atoms with van der Waals surface area (Å²) in [5.74, 6) is 1.06. The van der Waals surface area contributed by atoms with E-state index in [0.717, 1.165) is 23.4 Å². The highest BCUT2D eigenvalue weighted by molar-refractivity contribution is 9.09. The van der Waals surface area contributed by atoms with Crippen molar-refractivity contribution in [2.75, 3.05) is 11.9 Å². The molecule has 0 saturated carbocycles. The highest BCUT2D eigenvalue weighted by Gasteiger charge is 2.06. The van der Waals surface area contributed by atoms with Gasteiger partial charge in [0.05, 0.1) is 11.0 Å². The maximum atomic E-state index is 11.4. The van der Waals surface area contributed by atoms with E-state index in [1.165, 1.54) is 0 Å². The van der Waals surface area contributed by atoms with Crippen molar-refractivity contribution in [1.29, 1.82) is 0 Å². The molecule has 0 saturated heterocycles. The van der Waals surface area contributed by atoms with Crippen LogP contribution >= 0.6 is 15.9 Å². The number of alkyl halides is 1. The van der Waals surface area contributed by atoms with Crippen LogP contribution in [0.2, 0.25) is 0 Å². The molecule has 0 aliphatic rings. The van der Waals surface area contributed by atoms with Gasteiger partial charge in [-0.2, -0.15) is 0 Å². The smallest absolute Gasteiger partial charge is 0.220 e. The first kappa shape index (κ1) is 13.1. The van der Waals surface area contributed by atoms with Crippen molar-refractivity contribution in [3.8, 4) is 0 Å². The molecule has 5 heteroatoms. The summed E-state index contributed by atoms with van der Waals surface area (Å²) in [5.41, 5.74) is 2.12. The zero-order valence-corrected chi connectivity index (χ0v) is 11.9. The fraction of sp³-hybridized carbons (Fsp3) is 0.385. The Hall–Kier alpha value is -1.36. The van der Waals surface area contributed by atoms with Gasteiger partial charge in [0.1, 0.15) is 5.82 Å². The van der Waals surface area contributed by atoms with Crippen LogP contribution in [-0.2, 0) is 11.3 Å². The van der Waals surface area contributed by atoms with Gasteiger partial charge in [0, 0.05) is 24.8 Å². The largest absolute Gasteiger partial charge is 0.354 e. The highest BCUT2D eigenvalue weighted by atomic mass is 79.9. The van der Waals surface area contributed by atoms with Crippen LogP contribution in [0.15, 0.2) is 24.3 Å². The molecule has 1 amide bonds. The first-order valence-corrected chi connectivity index (χ1v) is 7.09. The van der Waals surface area contributed by atoms with Gasteiger partial charge in [-0.3, -0.25) is 4.79 Å². The second-order valence-electron chi connectivity index (χ2n) is 4.09. The van der Waals surface area contributed by atoms with E-state index in [9.17, 15) is 4.79 Å². The summed E-state index contributed by atoms with van der Waals surface area (Å²) in [6.45, 7) is 3.37. The van der Waals surface area contributed by atoms with Crippen molar-refractivity contribution in [3.05, 3.63) is 30.1 Å². The molecule has 4 nitrogen and oxygen atoms in total. The topological polar surface area (TPSA) is 46.9 Å². The number of benzene rings is 1. The Balaban J connectivity index is 2.03. The predicted octanol–water partition coefficient (Wildman–Crippen LogP) is 2.25. The molecule has 0 aliphatic carbocycles. The molecule has 0 bridgehead atoms. The van der Waals surface area contributed by atoms with Crippen molar-refractivity contribution in [2.24, 2.45) is 0 Å². The van der Waals surface area contributed by atoms with Gasteiger partial charge in [-0.05, 0) is 19.1 Å². The number of amides is 1. The van der Waals surface area contributed by atoms with Gasteiger partial charge in [0.25, 0.3) is 0 Å². The molecule has 0 unspecified atom stereocenters. The number of nitrogens with one attached hydrogen (secondary N) is 1. The number of hydrogen-bond donors (Lipinski definition) is 1. The van der Waals surface area contributed by atoms with Gasteiger partial charge in [0.2, 0.25) is 5.91 Å². The molecular formula is C13H16BrN3O. The minimum Gasteiger partial charge on any atom is -0.354 e. The molecule has 1 N–H and O–H groups in total. The third kappa shape index (κ3) is 2.90. The van der Waals surface area contributed by atoms with Crippen LogP contribution in [0.1, 0.15) is 12.2 Å². The molecule has 1 heterocycles. The van der Waals surface area contributed by atoms with Gasteiger partial charge in [-0.25, -0.2) is 4.98 Å². The number of rotatable bonds is 5. The minimum atomic E-state index is 0.0777. The monoisotopic (exact) mass is 309 g/mol. The quantitative estimate of drug-likeness (QED) is 0.861. The lowest BCUT2D eigenvalue weighted by Gasteiger charge is -2.08. The number of carbonyl (C=O) groups excluding carboxylic acids is 1. The summed E-state index contributed by atoms with van der Waals surface area (Å²) < 4.78 is 2.13.